The highest BCUT2D eigenvalue weighted by atomic mass is 16.2. The van der Waals surface area contributed by atoms with E-state index in [1.54, 1.807) is 0 Å². The zero-order chi connectivity index (χ0) is 10.7. The van der Waals surface area contributed by atoms with Gasteiger partial charge in [0.2, 0.25) is 5.91 Å². The maximum Gasteiger partial charge on any atom is 0.226 e. The van der Waals surface area contributed by atoms with Crippen LogP contribution in [-0.2, 0) is 4.79 Å². The second-order valence-corrected chi connectivity index (χ2v) is 4.49. The maximum atomic E-state index is 11.9. The number of nitrogens with zero attached hydrogens (tertiary/aromatic N) is 1. The lowest BCUT2D eigenvalue weighted by Crippen LogP contribution is -2.40. The molecule has 3 nitrogen and oxygen atoms in total. The van der Waals surface area contributed by atoms with Crippen molar-refractivity contribution < 1.29 is 4.79 Å². The van der Waals surface area contributed by atoms with Gasteiger partial charge in [0, 0.05) is 19.1 Å². The minimum absolute atomic E-state index is 0.0365. The van der Waals surface area contributed by atoms with E-state index in [-0.39, 0.29) is 17.9 Å². The Labute approximate surface area is 86.6 Å². The minimum atomic E-state index is -0.0387. The molecule has 1 saturated heterocycles. The van der Waals surface area contributed by atoms with E-state index in [1.165, 1.54) is 6.42 Å². The van der Waals surface area contributed by atoms with Crippen molar-refractivity contribution in [1.82, 2.24) is 4.90 Å². The second kappa shape index (κ2) is 4.78. The Morgan fingerprint density at radius 2 is 2.21 bits per heavy atom. The number of carbonyl (C=O) groups is 1. The predicted molar refractivity (Wildman–Crippen MR) is 57.8 cm³/mol. The molecule has 1 aliphatic rings. The molecule has 0 radical (unpaired) electrons. The van der Waals surface area contributed by atoms with Crippen molar-refractivity contribution in [1.29, 1.82) is 0 Å². The molecular weight excluding hydrogens is 176 g/mol. The van der Waals surface area contributed by atoms with E-state index >= 15 is 0 Å². The molecule has 2 N–H and O–H groups in total. The second-order valence-electron chi connectivity index (χ2n) is 4.49. The first kappa shape index (κ1) is 11.5. The average molecular weight is 198 g/mol. The van der Waals surface area contributed by atoms with E-state index in [9.17, 15) is 4.79 Å². The van der Waals surface area contributed by atoms with Crippen LogP contribution in [0, 0.1) is 11.8 Å². The van der Waals surface area contributed by atoms with Crippen LogP contribution in [0.2, 0.25) is 0 Å². The summed E-state index contributed by atoms with van der Waals surface area (Å²) in [4.78, 5) is 13.9. The number of hydrogen-bond donors (Lipinski definition) is 1. The van der Waals surface area contributed by atoms with E-state index in [1.807, 2.05) is 18.7 Å². The number of carbonyl (C=O) groups excluding carboxylic acids is 1. The maximum absolute atomic E-state index is 11.9. The molecule has 1 amide bonds. The van der Waals surface area contributed by atoms with Gasteiger partial charge >= 0.3 is 0 Å². The van der Waals surface area contributed by atoms with Crippen molar-refractivity contribution in [2.45, 2.75) is 39.7 Å². The van der Waals surface area contributed by atoms with Gasteiger partial charge in [0.1, 0.15) is 0 Å². The normalized spacial score (nSPS) is 26.3. The van der Waals surface area contributed by atoms with Crippen LogP contribution < -0.4 is 5.73 Å². The molecule has 0 aromatic rings. The topological polar surface area (TPSA) is 46.3 Å². The molecule has 3 atom stereocenters. The largest absolute Gasteiger partial charge is 0.342 e. The van der Waals surface area contributed by atoms with Gasteiger partial charge in [0.05, 0.1) is 5.92 Å². The lowest BCUT2D eigenvalue weighted by molar-refractivity contribution is -0.134. The summed E-state index contributed by atoms with van der Waals surface area (Å²) < 4.78 is 0. The molecule has 1 heterocycles. The third-order valence-electron chi connectivity index (χ3n) is 3.35. The molecule has 3 unspecified atom stereocenters. The van der Waals surface area contributed by atoms with Gasteiger partial charge in [-0.2, -0.15) is 0 Å². The smallest absolute Gasteiger partial charge is 0.226 e. The molecule has 0 aromatic heterocycles. The van der Waals surface area contributed by atoms with Crippen LogP contribution >= 0.6 is 0 Å². The summed E-state index contributed by atoms with van der Waals surface area (Å²) in [7, 11) is 0. The summed E-state index contributed by atoms with van der Waals surface area (Å²) in [5, 5.41) is 0. The van der Waals surface area contributed by atoms with Crippen LogP contribution in [0.3, 0.4) is 0 Å². The van der Waals surface area contributed by atoms with Gasteiger partial charge < -0.3 is 10.6 Å². The monoisotopic (exact) mass is 198 g/mol. The van der Waals surface area contributed by atoms with E-state index < -0.39 is 0 Å². The lowest BCUT2D eigenvalue weighted by atomic mass is 10.0. The van der Waals surface area contributed by atoms with Crippen molar-refractivity contribution in [3.8, 4) is 0 Å². The number of likely N-dealkylation sites (tertiary alicyclic amines) is 1. The van der Waals surface area contributed by atoms with Crippen LogP contribution in [0.4, 0.5) is 0 Å². The van der Waals surface area contributed by atoms with Gasteiger partial charge in [-0.1, -0.05) is 20.3 Å². The molecular formula is C11H22N2O. The average Bonchev–Trinajstić information content (AvgIpc) is 2.63. The fraction of sp³-hybridized carbons (Fsp3) is 0.909. The van der Waals surface area contributed by atoms with Gasteiger partial charge in [0.15, 0.2) is 0 Å². The number of nitrogens with two attached hydrogens (primary N) is 1. The quantitative estimate of drug-likeness (QED) is 0.741. The fourth-order valence-electron chi connectivity index (χ4n) is 1.88. The highest BCUT2D eigenvalue weighted by Crippen LogP contribution is 2.21. The van der Waals surface area contributed by atoms with Crippen molar-refractivity contribution in [2.75, 3.05) is 13.1 Å². The molecule has 1 fully saturated rings. The van der Waals surface area contributed by atoms with Gasteiger partial charge in [-0.15, -0.1) is 0 Å². The summed E-state index contributed by atoms with van der Waals surface area (Å²) >= 11 is 0. The Hall–Kier alpha value is -0.570. The molecule has 3 heteroatoms. The number of hydrogen-bond acceptors (Lipinski definition) is 2. The summed E-state index contributed by atoms with van der Waals surface area (Å²) in [5.74, 6) is 0.904. The highest BCUT2D eigenvalue weighted by Gasteiger charge is 2.29. The summed E-state index contributed by atoms with van der Waals surface area (Å²) in [6.07, 6.45) is 2.34. The number of rotatable bonds is 3. The SMILES string of the molecule is CCC1CCN(C(=O)C(C)C(C)N)C1. The first-order chi connectivity index (χ1) is 6.56. The van der Waals surface area contributed by atoms with Crippen LogP contribution in [-0.4, -0.2) is 29.9 Å². The van der Waals surface area contributed by atoms with E-state index in [2.05, 4.69) is 6.92 Å². The van der Waals surface area contributed by atoms with Gasteiger partial charge in [-0.25, -0.2) is 0 Å². The van der Waals surface area contributed by atoms with Crippen molar-refractivity contribution in [2.24, 2.45) is 17.6 Å². The molecule has 0 spiro atoms. The predicted octanol–water partition coefficient (Wildman–Crippen LogP) is 1.23. The molecule has 0 bridgehead atoms. The van der Waals surface area contributed by atoms with Gasteiger partial charge in [0.25, 0.3) is 0 Å². The third kappa shape index (κ3) is 2.47. The first-order valence-electron chi connectivity index (χ1n) is 5.60. The fourth-order valence-corrected chi connectivity index (χ4v) is 1.88. The molecule has 82 valence electrons. The van der Waals surface area contributed by atoms with E-state index in [0.29, 0.717) is 5.92 Å². The Bertz CT molecular complexity index is 203. The van der Waals surface area contributed by atoms with Crippen molar-refractivity contribution in [3.63, 3.8) is 0 Å². The van der Waals surface area contributed by atoms with Crippen LogP contribution in [0.1, 0.15) is 33.6 Å². The zero-order valence-corrected chi connectivity index (χ0v) is 9.49. The standard InChI is InChI=1S/C11H22N2O/c1-4-10-5-6-13(7-10)11(14)8(2)9(3)12/h8-10H,4-7,12H2,1-3H3. The molecule has 14 heavy (non-hydrogen) atoms. The molecule has 0 aliphatic carbocycles. The summed E-state index contributed by atoms with van der Waals surface area (Å²) in [5.41, 5.74) is 5.72. The Balaban J connectivity index is 2.47. The molecule has 1 aliphatic heterocycles. The Morgan fingerprint density at radius 1 is 1.57 bits per heavy atom. The lowest BCUT2D eigenvalue weighted by Gasteiger charge is -2.23. The van der Waals surface area contributed by atoms with Crippen LogP contribution in [0.15, 0.2) is 0 Å². The summed E-state index contributed by atoms with van der Waals surface area (Å²) in [6.45, 7) is 7.87. The van der Waals surface area contributed by atoms with Gasteiger partial charge in [-0.05, 0) is 19.3 Å². The van der Waals surface area contributed by atoms with E-state index in [4.69, 9.17) is 5.73 Å². The number of amides is 1. The van der Waals surface area contributed by atoms with Gasteiger partial charge in [-0.3, -0.25) is 4.79 Å². The third-order valence-corrected chi connectivity index (χ3v) is 3.35. The Morgan fingerprint density at radius 3 is 2.64 bits per heavy atom. The molecule has 0 saturated carbocycles. The van der Waals surface area contributed by atoms with Crippen molar-refractivity contribution in [3.05, 3.63) is 0 Å². The first-order valence-corrected chi connectivity index (χ1v) is 5.60. The van der Waals surface area contributed by atoms with E-state index in [0.717, 1.165) is 19.5 Å². The molecule has 1 rings (SSSR count). The minimum Gasteiger partial charge on any atom is -0.342 e. The molecule has 0 aromatic carbocycles. The van der Waals surface area contributed by atoms with Crippen LogP contribution in [0.5, 0.6) is 0 Å². The highest BCUT2D eigenvalue weighted by molar-refractivity contribution is 5.79. The summed E-state index contributed by atoms with van der Waals surface area (Å²) in [6, 6.07) is -0.0387. The zero-order valence-electron chi connectivity index (χ0n) is 9.49. The van der Waals surface area contributed by atoms with Crippen LogP contribution in [0.25, 0.3) is 0 Å². The van der Waals surface area contributed by atoms with Crippen molar-refractivity contribution >= 4 is 5.91 Å². The Kier molecular flexibility index (Phi) is 3.93.